The topological polar surface area (TPSA) is 46.2 Å². The van der Waals surface area contributed by atoms with Gasteiger partial charge in [0.15, 0.2) is 9.84 Å². The molecule has 0 amide bonds. The van der Waals surface area contributed by atoms with Crippen molar-refractivity contribution in [1.82, 2.24) is 5.32 Å². The zero-order chi connectivity index (χ0) is 14.6. The first-order valence-electron chi connectivity index (χ1n) is 7.50. The van der Waals surface area contributed by atoms with Crippen molar-refractivity contribution in [2.75, 3.05) is 18.1 Å². The summed E-state index contributed by atoms with van der Waals surface area (Å²) in [5.41, 5.74) is 2.53. The first-order valence-corrected chi connectivity index (χ1v) is 9.32. The van der Waals surface area contributed by atoms with Crippen molar-refractivity contribution in [3.8, 4) is 0 Å². The van der Waals surface area contributed by atoms with Crippen molar-refractivity contribution >= 4 is 9.84 Å². The number of nitrogens with one attached hydrogen (secondary N) is 1. The fourth-order valence-corrected chi connectivity index (χ4v) is 4.73. The van der Waals surface area contributed by atoms with Gasteiger partial charge in [0, 0.05) is 6.04 Å². The number of aryl methyl sites for hydroxylation is 1. The Hall–Kier alpha value is -0.870. The highest BCUT2D eigenvalue weighted by Crippen LogP contribution is 2.29. The van der Waals surface area contributed by atoms with Gasteiger partial charge in [0.1, 0.15) is 0 Å². The molecule has 0 aliphatic carbocycles. The molecule has 1 N–H and O–H groups in total. The van der Waals surface area contributed by atoms with Crippen LogP contribution in [0.4, 0.5) is 0 Å². The largest absolute Gasteiger partial charge is 0.310 e. The molecule has 2 rings (SSSR count). The fourth-order valence-electron chi connectivity index (χ4n) is 2.85. The van der Waals surface area contributed by atoms with Gasteiger partial charge in [-0.25, -0.2) is 8.42 Å². The number of hydrogen-bond acceptors (Lipinski definition) is 3. The summed E-state index contributed by atoms with van der Waals surface area (Å²) in [5, 5.41) is 3.56. The molecule has 0 bridgehead atoms. The molecule has 3 nitrogen and oxygen atoms in total. The zero-order valence-corrected chi connectivity index (χ0v) is 13.2. The maximum Gasteiger partial charge on any atom is 0.150 e. The van der Waals surface area contributed by atoms with Crippen molar-refractivity contribution in [3.63, 3.8) is 0 Å². The molecule has 4 heteroatoms. The molecule has 1 heterocycles. The van der Waals surface area contributed by atoms with Crippen LogP contribution in [0.3, 0.4) is 0 Å². The van der Waals surface area contributed by atoms with Crippen LogP contribution in [0.2, 0.25) is 0 Å². The summed E-state index contributed by atoms with van der Waals surface area (Å²) in [7, 11) is -2.78. The van der Waals surface area contributed by atoms with Crippen LogP contribution in [0.25, 0.3) is 0 Å². The van der Waals surface area contributed by atoms with E-state index in [9.17, 15) is 8.42 Å². The van der Waals surface area contributed by atoms with Crippen LogP contribution in [-0.4, -0.2) is 26.5 Å². The van der Waals surface area contributed by atoms with Crippen molar-refractivity contribution in [1.29, 1.82) is 0 Å². The minimum Gasteiger partial charge on any atom is -0.310 e. The van der Waals surface area contributed by atoms with Crippen LogP contribution in [0.5, 0.6) is 0 Å². The van der Waals surface area contributed by atoms with Gasteiger partial charge in [0.25, 0.3) is 0 Å². The van der Waals surface area contributed by atoms with Gasteiger partial charge in [0.2, 0.25) is 0 Å². The highest BCUT2D eigenvalue weighted by Gasteiger charge is 2.30. The van der Waals surface area contributed by atoms with Crippen LogP contribution in [-0.2, 0) is 9.84 Å². The summed E-state index contributed by atoms with van der Waals surface area (Å²) in [6, 6.07) is 8.84. The third kappa shape index (κ3) is 4.32. The van der Waals surface area contributed by atoms with Crippen LogP contribution < -0.4 is 5.32 Å². The minimum atomic E-state index is -2.78. The van der Waals surface area contributed by atoms with Crippen molar-refractivity contribution in [3.05, 3.63) is 35.4 Å². The third-order valence-electron chi connectivity index (χ3n) is 4.02. The lowest BCUT2D eigenvalue weighted by Gasteiger charge is -2.22. The lowest BCUT2D eigenvalue weighted by Crippen LogP contribution is -2.25. The minimum absolute atomic E-state index is 0.272. The van der Waals surface area contributed by atoms with Gasteiger partial charge in [-0.15, -0.1) is 0 Å². The van der Waals surface area contributed by atoms with Crippen LogP contribution in [0, 0.1) is 12.8 Å². The molecule has 0 radical (unpaired) electrons. The second-order valence-corrected chi connectivity index (χ2v) is 8.15. The normalized spacial score (nSPS) is 22.8. The van der Waals surface area contributed by atoms with E-state index in [0.29, 0.717) is 17.4 Å². The van der Waals surface area contributed by atoms with E-state index < -0.39 is 9.84 Å². The molecule has 20 heavy (non-hydrogen) atoms. The number of sulfone groups is 1. The third-order valence-corrected chi connectivity index (χ3v) is 5.85. The van der Waals surface area contributed by atoms with E-state index in [1.807, 2.05) is 0 Å². The Kier molecular flexibility index (Phi) is 5.22. The van der Waals surface area contributed by atoms with E-state index in [1.165, 1.54) is 11.1 Å². The van der Waals surface area contributed by atoms with Gasteiger partial charge in [-0.1, -0.05) is 36.8 Å². The average Bonchev–Trinajstić information content (AvgIpc) is 2.75. The first kappa shape index (κ1) is 15.5. The quantitative estimate of drug-likeness (QED) is 0.878. The van der Waals surface area contributed by atoms with Gasteiger partial charge in [-0.2, -0.15) is 0 Å². The summed E-state index contributed by atoms with van der Waals surface area (Å²) in [6.07, 6.45) is 2.83. The molecule has 1 aliphatic heterocycles. The molecule has 1 fully saturated rings. The summed E-state index contributed by atoms with van der Waals surface area (Å²) < 4.78 is 23.2. The maximum atomic E-state index is 11.6. The highest BCUT2D eigenvalue weighted by molar-refractivity contribution is 7.91. The van der Waals surface area contributed by atoms with Gasteiger partial charge in [-0.3, -0.25) is 0 Å². The number of hydrogen-bond donors (Lipinski definition) is 1. The van der Waals surface area contributed by atoms with E-state index in [4.69, 9.17) is 0 Å². The molecule has 1 aliphatic rings. The van der Waals surface area contributed by atoms with E-state index in [2.05, 4.69) is 43.4 Å². The smallest absolute Gasteiger partial charge is 0.150 e. The molecular formula is C16H25NO2S. The summed E-state index contributed by atoms with van der Waals surface area (Å²) in [6.45, 7) is 5.21. The number of benzene rings is 1. The van der Waals surface area contributed by atoms with Crippen molar-refractivity contribution in [2.24, 2.45) is 5.92 Å². The lowest BCUT2D eigenvalue weighted by molar-refractivity contribution is 0.415. The summed E-state index contributed by atoms with van der Waals surface area (Å²) in [5.74, 6) is 1.03. The van der Waals surface area contributed by atoms with Crippen LogP contribution in [0.1, 0.15) is 43.4 Å². The number of rotatable bonds is 6. The average molecular weight is 295 g/mol. The van der Waals surface area contributed by atoms with Gasteiger partial charge >= 0.3 is 0 Å². The molecule has 2 unspecified atom stereocenters. The van der Waals surface area contributed by atoms with Crippen LogP contribution >= 0.6 is 0 Å². The van der Waals surface area contributed by atoms with Crippen molar-refractivity contribution in [2.45, 2.75) is 39.2 Å². The molecule has 1 aromatic rings. The summed E-state index contributed by atoms with van der Waals surface area (Å²) in [4.78, 5) is 0. The molecule has 2 atom stereocenters. The van der Waals surface area contributed by atoms with Crippen molar-refractivity contribution < 1.29 is 8.42 Å². The molecule has 0 aromatic heterocycles. The van der Waals surface area contributed by atoms with Gasteiger partial charge < -0.3 is 5.32 Å². The Morgan fingerprint density at radius 3 is 2.55 bits per heavy atom. The summed E-state index contributed by atoms with van der Waals surface area (Å²) >= 11 is 0. The monoisotopic (exact) mass is 295 g/mol. The predicted octanol–water partition coefficient (Wildman–Crippen LogP) is 2.86. The molecule has 112 valence electrons. The second kappa shape index (κ2) is 6.72. The highest BCUT2D eigenvalue weighted by atomic mass is 32.2. The van der Waals surface area contributed by atoms with E-state index in [-0.39, 0.29) is 6.04 Å². The van der Waals surface area contributed by atoms with Gasteiger partial charge in [0.05, 0.1) is 11.5 Å². The standard InChI is InChI=1S/C16H25NO2S/c1-3-9-17-16(15-6-4-13(2)5-7-15)11-14-8-10-20(18,19)12-14/h4-7,14,16-17H,3,8-12H2,1-2H3. The molecular weight excluding hydrogens is 270 g/mol. The molecule has 0 spiro atoms. The van der Waals surface area contributed by atoms with E-state index in [0.717, 1.165) is 25.8 Å². The Morgan fingerprint density at radius 1 is 1.30 bits per heavy atom. The zero-order valence-electron chi connectivity index (χ0n) is 12.4. The molecule has 0 saturated carbocycles. The van der Waals surface area contributed by atoms with Gasteiger partial charge in [-0.05, 0) is 44.2 Å². The van der Waals surface area contributed by atoms with E-state index in [1.54, 1.807) is 0 Å². The van der Waals surface area contributed by atoms with Crippen LogP contribution in [0.15, 0.2) is 24.3 Å². The lowest BCUT2D eigenvalue weighted by atomic mass is 9.93. The molecule has 1 aromatic carbocycles. The Morgan fingerprint density at radius 2 is 2.00 bits per heavy atom. The Bertz CT molecular complexity index is 522. The molecule has 1 saturated heterocycles. The first-order chi connectivity index (χ1) is 9.50. The second-order valence-electron chi connectivity index (χ2n) is 5.92. The maximum absolute atomic E-state index is 11.6. The predicted molar refractivity (Wildman–Crippen MR) is 83.6 cm³/mol. The SMILES string of the molecule is CCCNC(CC1CCS(=O)(=O)C1)c1ccc(C)cc1. The Labute approximate surface area is 122 Å². The van der Waals surface area contributed by atoms with E-state index >= 15 is 0 Å². The fraction of sp³-hybridized carbons (Fsp3) is 0.625. The Balaban J connectivity index is 2.05.